The summed E-state index contributed by atoms with van der Waals surface area (Å²) in [5, 5.41) is 8.91. The number of nitrogens with one attached hydrogen (secondary N) is 1. The van der Waals surface area contributed by atoms with Crippen molar-refractivity contribution in [2.45, 2.75) is 6.54 Å². The van der Waals surface area contributed by atoms with Gasteiger partial charge in [0.1, 0.15) is 5.69 Å². The molecule has 0 atom stereocenters. The largest absolute Gasteiger partial charge is 0.395 e. The van der Waals surface area contributed by atoms with Gasteiger partial charge < -0.3 is 5.11 Å². The number of nitrogens with zero attached hydrogens (tertiary/aromatic N) is 3. The molecule has 4 N–H and O–H groups in total. The number of hydrazine groups is 1. The predicted octanol–water partition coefficient (Wildman–Crippen LogP) is -1.20. The summed E-state index contributed by atoms with van der Waals surface area (Å²) >= 11 is 0. The van der Waals surface area contributed by atoms with E-state index in [-0.39, 0.29) is 12.5 Å². The zero-order chi connectivity index (χ0) is 14.4. The number of aliphatic hydroxyl groups is 1. The first-order valence-electron chi connectivity index (χ1n) is 6.75. The number of aromatic nitrogens is 1. The highest BCUT2D eigenvalue weighted by molar-refractivity contribution is 5.91. The van der Waals surface area contributed by atoms with Gasteiger partial charge >= 0.3 is 0 Å². The molecule has 2 rings (SSSR count). The maximum absolute atomic E-state index is 11.4. The lowest BCUT2D eigenvalue weighted by Gasteiger charge is -2.34. The molecule has 0 saturated carbocycles. The van der Waals surface area contributed by atoms with Gasteiger partial charge in [-0.3, -0.25) is 20.0 Å². The minimum atomic E-state index is -0.375. The first kappa shape index (κ1) is 14.9. The molecule has 1 aliphatic heterocycles. The molecule has 0 aliphatic carbocycles. The molecule has 0 unspecified atom stereocenters. The van der Waals surface area contributed by atoms with Crippen LogP contribution in [0.4, 0.5) is 0 Å². The Morgan fingerprint density at radius 3 is 2.65 bits per heavy atom. The molecule has 1 aliphatic rings. The molecule has 0 aromatic carbocycles. The predicted molar refractivity (Wildman–Crippen MR) is 74.7 cm³/mol. The van der Waals surface area contributed by atoms with Crippen molar-refractivity contribution in [3.8, 4) is 0 Å². The average Bonchev–Trinajstić information content (AvgIpc) is 2.49. The number of β-amino-alcohol motifs (C(OH)–C–C–N with tert-alkyl or cyclic N) is 1. The Morgan fingerprint density at radius 2 is 2.00 bits per heavy atom. The molecule has 1 saturated heterocycles. The number of hydrogen-bond acceptors (Lipinski definition) is 6. The summed E-state index contributed by atoms with van der Waals surface area (Å²) < 4.78 is 0. The number of pyridine rings is 1. The van der Waals surface area contributed by atoms with Crippen LogP contribution in [0.25, 0.3) is 0 Å². The summed E-state index contributed by atoms with van der Waals surface area (Å²) in [7, 11) is 0. The number of rotatable bonds is 5. The summed E-state index contributed by atoms with van der Waals surface area (Å²) in [6.07, 6.45) is 0. The number of carbonyl (C=O) groups is 1. The second kappa shape index (κ2) is 7.30. The van der Waals surface area contributed by atoms with Gasteiger partial charge in [-0.2, -0.15) is 0 Å². The Labute approximate surface area is 118 Å². The number of nitrogen functional groups attached to an aromatic ring is 1. The molecule has 110 valence electrons. The Hall–Kier alpha value is -1.54. The van der Waals surface area contributed by atoms with Gasteiger partial charge in [-0.25, -0.2) is 10.8 Å². The maximum atomic E-state index is 11.4. The monoisotopic (exact) mass is 279 g/mol. The van der Waals surface area contributed by atoms with Gasteiger partial charge in [0.25, 0.3) is 5.91 Å². The third-order valence-corrected chi connectivity index (χ3v) is 3.44. The SMILES string of the molecule is NNC(=O)c1cccc(CN2CCN(CCO)CC2)n1. The quantitative estimate of drug-likeness (QED) is 0.356. The molecule has 0 spiro atoms. The van der Waals surface area contributed by atoms with E-state index in [1.54, 1.807) is 6.07 Å². The van der Waals surface area contributed by atoms with E-state index in [1.807, 2.05) is 12.1 Å². The van der Waals surface area contributed by atoms with Crippen LogP contribution >= 0.6 is 0 Å². The molecule has 20 heavy (non-hydrogen) atoms. The standard InChI is InChI=1S/C13H21N5O2/c14-16-13(20)12-3-1-2-11(15-12)10-18-6-4-17(5-7-18)8-9-19/h1-3,19H,4-10,14H2,(H,16,20). The van der Waals surface area contributed by atoms with E-state index in [1.165, 1.54) is 0 Å². The first-order chi connectivity index (χ1) is 9.72. The van der Waals surface area contributed by atoms with Gasteiger partial charge in [0.15, 0.2) is 0 Å². The van der Waals surface area contributed by atoms with Gasteiger partial charge in [-0.15, -0.1) is 0 Å². The fraction of sp³-hybridized carbons (Fsp3) is 0.538. The smallest absolute Gasteiger partial charge is 0.283 e. The van der Waals surface area contributed by atoms with Crippen molar-refractivity contribution in [3.63, 3.8) is 0 Å². The fourth-order valence-electron chi connectivity index (χ4n) is 2.31. The Balaban J connectivity index is 1.89. The topological polar surface area (TPSA) is 94.7 Å². The molecule has 2 heterocycles. The summed E-state index contributed by atoms with van der Waals surface area (Å²) in [6.45, 7) is 5.44. The Bertz CT molecular complexity index is 446. The molecular formula is C13H21N5O2. The van der Waals surface area contributed by atoms with Crippen molar-refractivity contribution in [3.05, 3.63) is 29.6 Å². The van der Waals surface area contributed by atoms with Gasteiger partial charge in [-0.05, 0) is 12.1 Å². The van der Waals surface area contributed by atoms with Crippen LogP contribution in [0, 0.1) is 0 Å². The molecule has 1 fully saturated rings. The normalized spacial score (nSPS) is 17.1. The average molecular weight is 279 g/mol. The molecule has 1 aromatic rings. The molecule has 0 radical (unpaired) electrons. The van der Waals surface area contributed by atoms with Crippen LogP contribution in [0.3, 0.4) is 0 Å². The van der Waals surface area contributed by atoms with Gasteiger partial charge in [0.2, 0.25) is 0 Å². The van der Waals surface area contributed by atoms with E-state index >= 15 is 0 Å². The number of aliphatic hydroxyl groups excluding tert-OH is 1. The van der Waals surface area contributed by atoms with E-state index in [2.05, 4.69) is 20.2 Å². The minimum Gasteiger partial charge on any atom is -0.395 e. The molecule has 7 nitrogen and oxygen atoms in total. The van der Waals surface area contributed by atoms with E-state index in [0.29, 0.717) is 5.69 Å². The van der Waals surface area contributed by atoms with Crippen molar-refractivity contribution >= 4 is 5.91 Å². The molecule has 7 heteroatoms. The highest BCUT2D eigenvalue weighted by Crippen LogP contribution is 2.07. The highest BCUT2D eigenvalue weighted by Gasteiger charge is 2.17. The van der Waals surface area contributed by atoms with Gasteiger partial charge in [0, 0.05) is 39.3 Å². The second-order valence-electron chi connectivity index (χ2n) is 4.83. The minimum absolute atomic E-state index is 0.206. The third-order valence-electron chi connectivity index (χ3n) is 3.44. The van der Waals surface area contributed by atoms with Crippen LogP contribution in [-0.2, 0) is 6.54 Å². The second-order valence-corrected chi connectivity index (χ2v) is 4.83. The molecule has 1 amide bonds. The van der Waals surface area contributed by atoms with E-state index in [0.717, 1.165) is 45.0 Å². The number of amides is 1. The van der Waals surface area contributed by atoms with Crippen molar-refractivity contribution in [2.75, 3.05) is 39.3 Å². The van der Waals surface area contributed by atoms with Crippen LogP contribution < -0.4 is 11.3 Å². The van der Waals surface area contributed by atoms with E-state index < -0.39 is 0 Å². The zero-order valence-corrected chi connectivity index (χ0v) is 11.5. The van der Waals surface area contributed by atoms with Crippen LogP contribution in [-0.4, -0.2) is 65.1 Å². The number of piperazine rings is 1. The van der Waals surface area contributed by atoms with Crippen molar-refractivity contribution in [1.82, 2.24) is 20.2 Å². The fourth-order valence-corrected chi connectivity index (χ4v) is 2.31. The first-order valence-corrected chi connectivity index (χ1v) is 6.75. The molecule has 0 bridgehead atoms. The lowest BCUT2D eigenvalue weighted by molar-refractivity contribution is 0.0946. The lowest BCUT2D eigenvalue weighted by atomic mass is 10.2. The number of nitrogens with two attached hydrogens (primary N) is 1. The molecular weight excluding hydrogens is 258 g/mol. The Morgan fingerprint density at radius 1 is 1.30 bits per heavy atom. The highest BCUT2D eigenvalue weighted by atomic mass is 16.3. The van der Waals surface area contributed by atoms with Crippen LogP contribution in [0.1, 0.15) is 16.2 Å². The summed E-state index contributed by atoms with van der Waals surface area (Å²) in [6, 6.07) is 5.37. The maximum Gasteiger partial charge on any atom is 0.283 e. The lowest BCUT2D eigenvalue weighted by Crippen LogP contribution is -2.46. The zero-order valence-electron chi connectivity index (χ0n) is 11.5. The summed E-state index contributed by atoms with van der Waals surface area (Å²) in [5.74, 6) is 4.73. The van der Waals surface area contributed by atoms with Crippen molar-refractivity contribution < 1.29 is 9.90 Å². The van der Waals surface area contributed by atoms with Gasteiger partial charge in [-0.1, -0.05) is 6.07 Å². The van der Waals surface area contributed by atoms with Crippen molar-refractivity contribution in [1.29, 1.82) is 0 Å². The summed E-state index contributed by atoms with van der Waals surface area (Å²) in [4.78, 5) is 20.3. The van der Waals surface area contributed by atoms with Crippen LogP contribution in [0.15, 0.2) is 18.2 Å². The number of hydrogen-bond donors (Lipinski definition) is 3. The Kier molecular flexibility index (Phi) is 5.42. The molecule has 1 aromatic heterocycles. The third kappa shape index (κ3) is 3.97. The van der Waals surface area contributed by atoms with Crippen LogP contribution in [0.5, 0.6) is 0 Å². The van der Waals surface area contributed by atoms with Crippen LogP contribution in [0.2, 0.25) is 0 Å². The summed E-state index contributed by atoms with van der Waals surface area (Å²) in [5.41, 5.74) is 3.29. The van der Waals surface area contributed by atoms with Gasteiger partial charge in [0.05, 0.1) is 12.3 Å². The van der Waals surface area contributed by atoms with E-state index in [9.17, 15) is 4.79 Å². The van der Waals surface area contributed by atoms with Crippen molar-refractivity contribution in [2.24, 2.45) is 5.84 Å². The van der Waals surface area contributed by atoms with E-state index in [4.69, 9.17) is 10.9 Å². The number of carbonyl (C=O) groups excluding carboxylic acids is 1.